The molecule has 8 nitrogen and oxygen atoms in total. The Labute approximate surface area is 193 Å². The van der Waals surface area contributed by atoms with Crippen LogP contribution < -0.4 is 14.2 Å². The fourth-order valence-corrected chi connectivity index (χ4v) is 4.29. The first kappa shape index (κ1) is 22.7. The number of methoxy groups -OCH3 is 3. The highest BCUT2D eigenvalue weighted by Gasteiger charge is 2.42. The smallest absolute Gasteiger partial charge is 0.278 e. The summed E-state index contributed by atoms with van der Waals surface area (Å²) in [5.41, 5.74) is 2.23. The van der Waals surface area contributed by atoms with Crippen LogP contribution in [0.1, 0.15) is 11.1 Å². The lowest BCUT2D eigenvalue weighted by Gasteiger charge is -2.34. The predicted octanol–water partition coefficient (Wildman–Crippen LogP) is 2.24. The largest absolute Gasteiger partial charge is 0.496 e. The van der Waals surface area contributed by atoms with Crippen LogP contribution in [0, 0.1) is 0 Å². The van der Waals surface area contributed by atoms with E-state index in [2.05, 4.69) is 11.9 Å². The van der Waals surface area contributed by atoms with Gasteiger partial charge in [0, 0.05) is 31.7 Å². The predicted molar refractivity (Wildman–Crippen MR) is 124 cm³/mol. The summed E-state index contributed by atoms with van der Waals surface area (Å²) in [6.07, 6.45) is 0. The number of carbonyl (C=O) groups is 2. The summed E-state index contributed by atoms with van der Waals surface area (Å²) in [5.74, 6) is 1.08. The van der Waals surface area contributed by atoms with E-state index in [1.807, 2.05) is 29.2 Å². The molecule has 0 bridgehead atoms. The molecule has 0 atom stereocenters. The Morgan fingerprint density at radius 2 is 1.45 bits per heavy atom. The molecule has 0 radical (unpaired) electrons. The molecule has 0 saturated carbocycles. The highest BCUT2D eigenvalue weighted by atomic mass is 16.5. The van der Waals surface area contributed by atoms with Gasteiger partial charge in [0.25, 0.3) is 11.8 Å². The number of carbonyl (C=O) groups excluding carboxylic acids is 2. The minimum absolute atomic E-state index is 0.135. The maximum absolute atomic E-state index is 13.7. The van der Waals surface area contributed by atoms with Crippen molar-refractivity contribution in [1.29, 1.82) is 0 Å². The minimum Gasteiger partial charge on any atom is -0.496 e. The molecule has 2 aromatic carbocycles. The lowest BCUT2D eigenvalue weighted by atomic mass is 10.0. The van der Waals surface area contributed by atoms with Crippen molar-refractivity contribution < 1.29 is 23.8 Å². The quantitative estimate of drug-likeness (QED) is 0.598. The zero-order valence-corrected chi connectivity index (χ0v) is 19.5. The van der Waals surface area contributed by atoms with Gasteiger partial charge in [-0.2, -0.15) is 0 Å². The van der Waals surface area contributed by atoms with Gasteiger partial charge in [-0.3, -0.25) is 14.5 Å². The van der Waals surface area contributed by atoms with Crippen LogP contribution in [0.5, 0.6) is 17.2 Å². The highest BCUT2D eigenvalue weighted by molar-refractivity contribution is 6.35. The average molecular weight is 452 g/mol. The monoisotopic (exact) mass is 451 g/mol. The molecule has 2 aliphatic rings. The number of amides is 2. The van der Waals surface area contributed by atoms with Gasteiger partial charge < -0.3 is 24.0 Å². The fourth-order valence-electron chi connectivity index (χ4n) is 4.29. The second kappa shape index (κ2) is 9.54. The van der Waals surface area contributed by atoms with Crippen LogP contribution in [0.15, 0.2) is 48.2 Å². The fraction of sp³-hybridized carbons (Fsp3) is 0.360. The molecule has 0 N–H and O–H groups in total. The number of benzene rings is 2. The van der Waals surface area contributed by atoms with E-state index < -0.39 is 0 Å². The van der Waals surface area contributed by atoms with Gasteiger partial charge in [-0.1, -0.05) is 24.3 Å². The van der Waals surface area contributed by atoms with E-state index in [0.29, 0.717) is 47.2 Å². The van der Waals surface area contributed by atoms with Crippen molar-refractivity contribution in [2.45, 2.75) is 6.54 Å². The number of nitrogens with zero attached hydrogens (tertiary/aromatic N) is 3. The molecular formula is C25H29N3O5. The molecule has 0 aromatic heterocycles. The molecule has 4 rings (SSSR count). The molecule has 0 spiro atoms. The van der Waals surface area contributed by atoms with E-state index in [1.54, 1.807) is 39.5 Å². The molecule has 2 aliphatic heterocycles. The topological polar surface area (TPSA) is 71.6 Å². The Hall–Kier alpha value is -3.52. The van der Waals surface area contributed by atoms with Crippen molar-refractivity contribution in [3.8, 4) is 17.2 Å². The number of hydrogen-bond donors (Lipinski definition) is 0. The number of imide groups is 1. The van der Waals surface area contributed by atoms with Crippen LogP contribution >= 0.6 is 0 Å². The van der Waals surface area contributed by atoms with Gasteiger partial charge in [0.15, 0.2) is 11.5 Å². The molecule has 2 aromatic rings. The summed E-state index contributed by atoms with van der Waals surface area (Å²) in [4.78, 5) is 32.9. The number of hydrogen-bond acceptors (Lipinski definition) is 7. The summed E-state index contributed by atoms with van der Waals surface area (Å²) in [6, 6.07) is 12.7. The van der Waals surface area contributed by atoms with E-state index in [1.165, 1.54) is 4.90 Å². The van der Waals surface area contributed by atoms with Gasteiger partial charge in [-0.25, -0.2) is 0 Å². The first-order valence-electron chi connectivity index (χ1n) is 10.9. The van der Waals surface area contributed by atoms with Crippen molar-refractivity contribution in [2.75, 3.05) is 54.6 Å². The number of rotatable bonds is 7. The van der Waals surface area contributed by atoms with Gasteiger partial charge in [0.05, 0.1) is 33.4 Å². The number of piperazine rings is 1. The van der Waals surface area contributed by atoms with Crippen molar-refractivity contribution in [3.63, 3.8) is 0 Å². The zero-order chi connectivity index (χ0) is 23.5. The Kier molecular flexibility index (Phi) is 6.55. The maximum Gasteiger partial charge on any atom is 0.278 e. The van der Waals surface area contributed by atoms with Crippen LogP contribution in [-0.2, 0) is 16.1 Å². The van der Waals surface area contributed by atoms with E-state index in [0.717, 1.165) is 18.7 Å². The summed E-state index contributed by atoms with van der Waals surface area (Å²) in [5, 5.41) is 0. The zero-order valence-electron chi connectivity index (χ0n) is 19.5. The lowest BCUT2D eigenvalue weighted by molar-refractivity contribution is -0.138. The summed E-state index contributed by atoms with van der Waals surface area (Å²) >= 11 is 0. The van der Waals surface area contributed by atoms with E-state index in [-0.39, 0.29) is 18.4 Å². The van der Waals surface area contributed by atoms with Crippen molar-refractivity contribution in [3.05, 3.63) is 59.3 Å². The summed E-state index contributed by atoms with van der Waals surface area (Å²) < 4.78 is 16.2. The number of likely N-dealkylation sites (N-methyl/N-ethyl adjacent to an activating group) is 1. The highest BCUT2D eigenvalue weighted by Crippen LogP contribution is 2.37. The van der Waals surface area contributed by atoms with Gasteiger partial charge in [-0.05, 0) is 30.8 Å². The van der Waals surface area contributed by atoms with Crippen molar-refractivity contribution >= 4 is 17.4 Å². The van der Waals surface area contributed by atoms with E-state index in [4.69, 9.17) is 14.2 Å². The van der Waals surface area contributed by atoms with E-state index >= 15 is 0 Å². The average Bonchev–Trinajstić information content (AvgIpc) is 3.09. The van der Waals surface area contributed by atoms with Crippen LogP contribution in [-0.4, -0.2) is 81.1 Å². The van der Waals surface area contributed by atoms with Crippen LogP contribution in [0.4, 0.5) is 0 Å². The van der Waals surface area contributed by atoms with Gasteiger partial charge in [0.1, 0.15) is 11.4 Å². The van der Waals surface area contributed by atoms with Gasteiger partial charge >= 0.3 is 0 Å². The Morgan fingerprint density at radius 3 is 2.12 bits per heavy atom. The normalized spacial score (nSPS) is 17.1. The molecule has 2 amide bonds. The molecule has 0 aliphatic carbocycles. The van der Waals surface area contributed by atoms with Gasteiger partial charge in [-0.15, -0.1) is 0 Å². The molecular weight excluding hydrogens is 422 g/mol. The first-order valence-corrected chi connectivity index (χ1v) is 10.9. The first-order chi connectivity index (χ1) is 16.0. The second-order valence-corrected chi connectivity index (χ2v) is 8.09. The van der Waals surface area contributed by atoms with Crippen LogP contribution in [0.2, 0.25) is 0 Å². The molecule has 2 heterocycles. The van der Waals surface area contributed by atoms with Crippen LogP contribution in [0.25, 0.3) is 5.57 Å². The second-order valence-electron chi connectivity index (χ2n) is 8.09. The number of ether oxygens (including phenoxy) is 3. The molecule has 1 fully saturated rings. The summed E-state index contributed by atoms with van der Waals surface area (Å²) in [7, 11) is 6.74. The third-order valence-electron chi connectivity index (χ3n) is 6.16. The van der Waals surface area contributed by atoms with Gasteiger partial charge in [0.2, 0.25) is 0 Å². The summed E-state index contributed by atoms with van der Waals surface area (Å²) in [6.45, 7) is 3.11. The molecule has 1 saturated heterocycles. The number of para-hydroxylation sites is 1. The van der Waals surface area contributed by atoms with E-state index in [9.17, 15) is 9.59 Å². The van der Waals surface area contributed by atoms with Crippen LogP contribution in [0.3, 0.4) is 0 Å². The lowest BCUT2D eigenvalue weighted by Crippen LogP contribution is -2.46. The third-order valence-corrected chi connectivity index (χ3v) is 6.16. The third kappa shape index (κ3) is 4.26. The maximum atomic E-state index is 13.7. The van der Waals surface area contributed by atoms with Crippen molar-refractivity contribution in [2.24, 2.45) is 0 Å². The molecule has 33 heavy (non-hydrogen) atoms. The Bertz CT molecular complexity index is 1090. The minimum atomic E-state index is -0.327. The Balaban J connectivity index is 1.77. The standard InChI is InChI=1S/C25H29N3O5/c1-26-11-13-27(14-12-26)23-22(17-9-10-20(32-3)21(15-17)33-4)24(29)28(25(23)30)16-18-7-5-6-8-19(18)31-2/h5-10,15H,11-14,16H2,1-4H3. The molecule has 8 heteroatoms. The molecule has 0 unspecified atom stereocenters. The molecule has 174 valence electrons. The Morgan fingerprint density at radius 1 is 0.788 bits per heavy atom. The van der Waals surface area contributed by atoms with Crippen molar-refractivity contribution in [1.82, 2.24) is 14.7 Å². The SMILES string of the molecule is COc1ccccc1CN1C(=O)C(c2ccc(OC)c(OC)c2)=C(N2CCN(C)CC2)C1=O.